The first kappa shape index (κ1) is 12.7. The summed E-state index contributed by atoms with van der Waals surface area (Å²) in [4.78, 5) is 0. The molecule has 3 nitrogen and oxygen atoms in total. The van der Waals surface area contributed by atoms with E-state index in [2.05, 4.69) is 10.1 Å². The van der Waals surface area contributed by atoms with E-state index < -0.39 is 12.8 Å². The van der Waals surface area contributed by atoms with Crippen molar-refractivity contribution in [2.75, 3.05) is 32.8 Å². The average molecular weight is 200 g/mol. The number of ether oxygens (including phenoxy) is 1. The molecule has 0 radical (unpaired) electrons. The summed E-state index contributed by atoms with van der Waals surface area (Å²) < 4.78 is 38.9. The Bertz CT molecular complexity index is 119. The van der Waals surface area contributed by atoms with Crippen molar-refractivity contribution in [1.82, 2.24) is 5.32 Å². The maximum Gasteiger partial charge on any atom is 0.411 e. The topological polar surface area (TPSA) is 47.3 Å². The number of hydrogen-bond donors (Lipinski definition) is 2. The molecule has 3 N–H and O–H groups in total. The molecule has 0 spiro atoms. The highest BCUT2D eigenvalue weighted by Crippen LogP contribution is 2.13. The third-order valence-electron chi connectivity index (χ3n) is 1.25. The van der Waals surface area contributed by atoms with Crippen molar-refractivity contribution in [2.24, 2.45) is 5.73 Å². The van der Waals surface area contributed by atoms with Crippen LogP contribution in [0.5, 0.6) is 0 Å². The van der Waals surface area contributed by atoms with Crippen LogP contribution in [0.1, 0.15) is 6.42 Å². The SMILES string of the molecule is NCCCNCCOCC(F)(F)F. The second-order valence-electron chi connectivity index (χ2n) is 2.56. The molecule has 0 aromatic rings. The molecule has 0 atom stereocenters. The van der Waals surface area contributed by atoms with Gasteiger partial charge in [0, 0.05) is 6.54 Å². The molecular weight excluding hydrogens is 185 g/mol. The Hall–Kier alpha value is -0.330. The van der Waals surface area contributed by atoms with Crippen LogP contribution < -0.4 is 11.1 Å². The molecule has 0 saturated heterocycles. The van der Waals surface area contributed by atoms with Crippen LogP contribution in [0.15, 0.2) is 0 Å². The highest BCUT2D eigenvalue weighted by atomic mass is 19.4. The molecule has 0 aromatic heterocycles. The summed E-state index contributed by atoms with van der Waals surface area (Å²) in [6, 6.07) is 0. The minimum absolute atomic E-state index is 0.0735. The van der Waals surface area contributed by atoms with Gasteiger partial charge in [-0.2, -0.15) is 13.2 Å². The lowest BCUT2D eigenvalue weighted by atomic mass is 10.4. The van der Waals surface area contributed by atoms with Gasteiger partial charge in [0.1, 0.15) is 6.61 Å². The van der Waals surface area contributed by atoms with Gasteiger partial charge in [0.2, 0.25) is 0 Å². The van der Waals surface area contributed by atoms with E-state index in [1.807, 2.05) is 0 Å². The van der Waals surface area contributed by atoms with Crippen LogP contribution in [0.3, 0.4) is 0 Å². The zero-order valence-corrected chi connectivity index (χ0v) is 7.36. The fourth-order valence-corrected chi connectivity index (χ4v) is 0.684. The number of nitrogens with one attached hydrogen (secondary N) is 1. The predicted molar refractivity (Wildman–Crippen MR) is 43.4 cm³/mol. The van der Waals surface area contributed by atoms with Crippen LogP contribution in [-0.4, -0.2) is 39.0 Å². The Kier molecular flexibility index (Phi) is 6.93. The molecule has 13 heavy (non-hydrogen) atoms. The van der Waals surface area contributed by atoms with Crippen LogP contribution in [-0.2, 0) is 4.74 Å². The van der Waals surface area contributed by atoms with Gasteiger partial charge < -0.3 is 15.8 Å². The summed E-state index contributed by atoms with van der Waals surface area (Å²) >= 11 is 0. The molecule has 0 amide bonds. The van der Waals surface area contributed by atoms with Gasteiger partial charge in [-0.25, -0.2) is 0 Å². The zero-order chi connectivity index (χ0) is 10.2. The Morgan fingerprint density at radius 1 is 1.23 bits per heavy atom. The van der Waals surface area contributed by atoms with Crippen molar-refractivity contribution in [3.05, 3.63) is 0 Å². The minimum atomic E-state index is -4.22. The smallest absolute Gasteiger partial charge is 0.371 e. The highest BCUT2D eigenvalue weighted by Gasteiger charge is 2.26. The van der Waals surface area contributed by atoms with Crippen LogP contribution in [0, 0.1) is 0 Å². The van der Waals surface area contributed by atoms with Gasteiger partial charge in [-0.1, -0.05) is 0 Å². The van der Waals surface area contributed by atoms with E-state index in [9.17, 15) is 13.2 Å². The molecule has 6 heteroatoms. The van der Waals surface area contributed by atoms with Gasteiger partial charge in [-0.05, 0) is 19.5 Å². The number of rotatable bonds is 7. The van der Waals surface area contributed by atoms with Gasteiger partial charge in [-0.3, -0.25) is 0 Å². The van der Waals surface area contributed by atoms with Gasteiger partial charge in [0.05, 0.1) is 6.61 Å². The molecular formula is C7H15F3N2O. The van der Waals surface area contributed by atoms with Crippen molar-refractivity contribution in [2.45, 2.75) is 12.6 Å². The highest BCUT2D eigenvalue weighted by molar-refractivity contribution is 4.49. The van der Waals surface area contributed by atoms with E-state index in [4.69, 9.17) is 5.73 Å². The molecule has 0 aromatic carbocycles. The third-order valence-corrected chi connectivity index (χ3v) is 1.25. The molecule has 0 saturated carbocycles. The van der Waals surface area contributed by atoms with Gasteiger partial charge in [-0.15, -0.1) is 0 Å². The molecule has 80 valence electrons. The average Bonchev–Trinajstić information content (AvgIpc) is 2.01. The van der Waals surface area contributed by atoms with Crippen molar-refractivity contribution >= 4 is 0 Å². The fourth-order valence-electron chi connectivity index (χ4n) is 0.684. The quantitative estimate of drug-likeness (QED) is 0.588. The first-order valence-electron chi connectivity index (χ1n) is 4.11. The summed E-state index contributed by atoms with van der Waals surface area (Å²) in [5, 5.41) is 2.90. The predicted octanol–water partition coefficient (Wildman–Crippen LogP) is 0.504. The second kappa shape index (κ2) is 7.11. The Morgan fingerprint density at radius 2 is 1.92 bits per heavy atom. The lowest BCUT2D eigenvalue weighted by molar-refractivity contribution is -0.173. The minimum Gasteiger partial charge on any atom is -0.371 e. The van der Waals surface area contributed by atoms with E-state index in [-0.39, 0.29) is 6.61 Å². The largest absolute Gasteiger partial charge is 0.411 e. The number of hydrogen-bond acceptors (Lipinski definition) is 3. The summed E-state index contributed by atoms with van der Waals surface area (Å²) in [6.07, 6.45) is -3.41. The summed E-state index contributed by atoms with van der Waals surface area (Å²) in [5.74, 6) is 0. The molecule has 0 fully saturated rings. The van der Waals surface area contributed by atoms with Gasteiger partial charge in [0.25, 0.3) is 0 Å². The lowest BCUT2D eigenvalue weighted by Gasteiger charge is -2.07. The van der Waals surface area contributed by atoms with Crippen molar-refractivity contribution in [3.63, 3.8) is 0 Å². The van der Waals surface area contributed by atoms with Crippen LogP contribution in [0.4, 0.5) is 13.2 Å². The van der Waals surface area contributed by atoms with Crippen LogP contribution in [0.2, 0.25) is 0 Å². The number of alkyl halides is 3. The first-order chi connectivity index (χ1) is 6.06. The standard InChI is InChI=1S/C7H15F3N2O/c8-7(9,10)6-13-5-4-12-3-1-2-11/h12H,1-6,11H2. The summed E-state index contributed by atoms with van der Waals surface area (Å²) in [7, 11) is 0. The molecule has 0 aliphatic heterocycles. The maximum absolute atomic E-state index is 11.5. The maximum atomic E-state index is 11.5. The first-order valence-corrected chi connectivity index (χ1v) is 4.11. The van der Waals surface area contributed by atoms with Crippen LogP contribution in [0.25, 0.3) is 0 Å². The van der Waals surface area contributed by atoms with E-state index in [0.29, 0.717) is 19.6 Å². The molecule has 0 rings (SSSR count). The monoisotopic (exact) mass is 200 g/mol. The van der Waals surface area contributed by atoms with E-state index >= 15 is 0 Å². The van der Waals surface area contributed by atoms with Crippen molar-refractivity contribution < 1.29 is 17.9 Å². The van der Waals surface area contributed by atoms with E-state index in [0.717, 1.165) is 6.42 Å². The molecule has 0 aliphatic carbocycles. The van der Waals surface area contributed by atoms with Gasteiger partial charge >= 0.3 is 6.18 Å². The lowest BCUT2D eigenvalue weighted by Crippen LogP contribution is -2.25. The van der Waals surface area contributed by atoms with E-state index in [1.165, 1.54) is 0 Å². The van der Waals surface area contributed by atoms with Crippen LogP contribution >= 0.6 is 0 Å². The normalized spacial score (nSPS) is 12.0. The molecule has 0 bridgehead atoms. The fraction of sp³-hybridized carbons (Fsp3) is 1.00. The summed E-state index contributed by atoms with van der Waals surface area (Å²) in [6.45, 7) is 0.619. The number of halogens is 3. The Labute approximate surface area is 75.4 Å². The molecule has 0 aliphatic rings. The van der Waals surface area contributed by atoms with Crippen molar-refractivity contribution in [3.8, 4) is 0 Å². The zero-order valence-electron chi connectivity index (χ0n) is 7.36. The second-order valence-corrected chi connectivity index (χ2v) is 2.56. The number of nitrogens with two attached hydrogens (primary N) is 1. The van der Waals surface area contributed by atoms with E-state index in [1.54, 1.807) is 0 Å². The Morgan fingerprint density at radius 3 is 2.46 bits per heavy atom. The van der Waals surface area contributed by atoms with Crippen molar-refractivity contribution in [1.29, 1.82) is 0 Å². The molecule has 0 unspecified atom stereocenters. The molecule has 0 heterocycles. The summed E-state index contributed by atoms with van der Waals surface area (Å²) in [5.41, 5.74) is 5.21. The Balaban J connectivity index is 3.00. The third kappa shape index (κ3) is 11.7. The van der Waals surface area contributed by atoms with Gasteiger partial charge in [0.15, 0.2) is 0 Å².